The van der Waals surface area contributed by atoms with Crippen molar-refractivity contribution in [1.82, 2.24) is 20.0 Å². The zero-order valence-corrected chi connectivity index (χ0v) is 27.7. The van der Waals surface area contributed by atoms with Crippen molar-refractivity contribution >= 4 is 25.4 Å². The lowest BCUT2D eigenvalue weighted by Gasteiger charge is -2.38. The summed E-state index contributed by atoms with van der Waals surface area (Å²) in [6.07, 6.45) is 2.10. The van der Waals surface area contributed by atoms with Crippen LogP contribution in [-0.4, -0.2) is 54.5 Å². The molecule has 1 unspecified atom stereocenters. The highest BCUT2D eigenvalue weighted by Crippen LogP contribution is 2.41. The summed E-state index contributed by atoms with van der Waals surface area (Å²) in [6.45, 7) is 21.2. The molecule has 1 aromatic carbocycles. The number of hydrogen-bond acceptors (Lipinski definition) is 7. The summed E-state index contributed by atoms with van der Waals surface area (Å²) in [5.41, 5.74) is 4.10. The minimum absolute atomic E-state index is 0.0872. The van der Waals surface area contributed by atoms with Crippen LogP contribution in [0.15, 0.2) is 22.7 Å². The quantitative estimate of drug-likeness (QED) is 0.258. The van der Waals surface area contributed by atoms with E-state index in [0.717, 1.165) is 52.3 Å². The summed E-state index contributed by atoms with van der Waals surface area (Å²) >= 11 is 0. The molecule has 41 heavy (non-hydrogen) atoms. The van der Waals surface area contributed by atoms with Gasteiger partial charge in [0.15, 0.2) is 8.32 Å². The Balaban J connectivity index is 1.75. The van der Waals surface area contributed by atoms with Gasteiger partial charge in [-0.15, -0.1) is 0 Å². The van der Waals surface area contributed by atoms with Gasteiger partial charge in [0.05, 0.1) is 28.9 Å². The lowest BCUT2D eigenvalue weighted by atomic mass is 9.88. The second-order valence-electron chi connectivity index (χ2n) is 13.8. The Bertz CT molecular complexity index is 1360. The van der Waals surface area contributed by atoms with Crippen molar-refractivity contribution in [2.45, 2.75) is 117 Å². The van der Waals surface area contributed by atoms with E-state index in [1.54, 1.807) is 7.11 Å². The van der Waals surface area contributed by atoms with Gasteiger partial charge in [0.25, 0.3) is 0 Å². The van der Waals surface area contributed by atoms with Gasteiger partial charge in [-0.2, -0.15) is 0 Å². The van der Waals surface area contributed by atoms with Gasteiger partial charge in [0, 0.05) is 25.3 Å². The molecule has 0 radical (unpaired) electrons. The van der Waals surface area contributed by atoms with Crippen LogP contribution in [0.25, 0.3) is 22.2 Å². The molecule has 3 aromatic rings. The fourth-order valence-corrected chi connectivity index (χ4v) is 6.16. The average Bonchev–Trinajstić information content (AvgIpc) is 3.34. The normalized spacial score (nSPS) is 18.8. The second-order valence-corrected chi connectivity index (χ2v) is 18.6. The second kappa shape index (κ2) is 11.5. The molecule has 9 nitrogen and oxygen atoms in total. The summed E-state index contributed by atoms with van der Waals surface area (Å²) in [7, 11) is -0.221. The van der Waals surface area contributed by atoms with E-state index in [0.29, 0.717) is 13.0 Å². The van der Waals surface area contributed by atoms with Gasteiger partial charge >= 0.3 is 6.09 Å². The molecule has 1 saturated carbocycles. The molecule has 0 spiro atoms. The Labute approximate surface area is 245 Å². The van der Waals surface area contributed by atoms with Crippen molar-refractivity contribution < 1.29 is 23.2 Å². The summed E-state index contributed by atoms with van der Waals surface area (Å²) in [5, 5.41) is 7.36. The fourth-order valence-electron chi connectivity index (χ4n) is 5.10. The van der Waals surface area contributed by atoms with Crippen molar-refractivity contribution in [3.8, 4) is 11.1 Å². The van der Waals surface area contributed by atoms with Gasteiger partial charge in [0.1, 0.15) is 17.2 Å². The van der Waals surface area contributed by atoms with Gasteiger partial charge in [-0.1, -0.05) is 32.0 Å². The first-order chi connectivity index (χ1) is 19.0. The smallest absolute Gasteiger partial charge is 0.408 e. The molecule has 0 saturated heterocycles. The molecule has 226 valence electrons. The topological polar surface area (TPSA) is 101 Å². The first-order valence-corrected chi connectivity index (χ1v) is 17.5. The summed E-state index contributed by atoms with van der Waals surface area (Å²) in [5.74, 6) is 1.58. The number of fused-ring (bicyclic) bond motifs is 1. The third kappa shape index (κ3) is 6.86. The van der Waals surface area contributed by atoms with Crippen LogP contribution >= 0.6 is 0 Å². The van der Waals surface area contributed by atoms with Gasteiger partial charge in [0.2, 0.25) is 0 Å². The molecular formula is C31H48N4O5Si. The van der Waals surface area contributed by atoms with Gasteiger partial charge in [-0.05, 0) is 89.7 Å². The van der Waals surface area contributed by atoms with E-state index in [1.807, 2.05) is 34.6 Å². The maximum Gasteiger partial charge on any atom is 0.408 e. The molecule has 2 heterocycles. The fraction of sp³-hybridized carbons (Fsp3) is 0.645. The molecule has 1 atom stereocenters. The number of nitrogens with one attached hydrogen (secondary N) is 1. The first kappa shape index (κ1) is 31.2. The predicted octanol–water partition coefficient (Wildman–Crippen LogP) is 7.64. The van der Waals surface area contributed by atoms with Crippen LogP contribution in [0.5, 0.6) is 0 Å². The minimum Gasteiger partial charge on any atom is -0.444 e. The van der Waals surface area contributed by atoms with Crippen LogP contribution in [0.2, 0.25) is 18.1 Å². The molecule has 2 aromatic heterocycles. The average molecular weight is 585 g/mol. The van der Waals surface area contributed by atoms with Crippen LogP contribution < -0.4 is 5.32 Å². The number of methoxy groups -OCH3 is 1. The Morgan fingerprint density at radius 2 is 1.85 bits per heavy atom. The maximum atomic E-state index is 13.1. The zero-order valence-electron chi connectivity index (χ0n) is 26.7. The third-order valence-electron chi connectivity index (χ3n) is 8.49. The Kier molecular flexibility index (Phi) is 8.79. The number of rotatable bonds is 9. The number of amides is 1. The van der Waals surface area contributed by atoms with E-state index in [2.05, 4.69) is 67.1 Å². The van der Waals surface area contributed by atoms with E-state index < -0.39 is 26.1 Å². The predicted molar refractivity (Wildman–Crippen MR) is 164 cm³/mol. The van der Waals surface area contributed by atoms with Crippen molar-refractivity contribution in [1.29, 1.82) is 0 Å². The van der Waals surface area contributed by atoms with Gasteiger partial charge < -0.3 is 28.3 Å². The minimum atomic E-state index is -1.98. The van der Waals surface area contributed by atoms with E-state index in [9.17, 15) is 4.79 Å². The molecular weight excluding hydrogens is 536 g/mol. The number of ether oxygens (including phenoxy) is 2. The zero-order chi connectivity index (χ0) is 30.3. The number of alkyl carbamates (subject to hydrolysis) is 1. The molecule has 0 bridgehead atoms. The molecule has 1 aliphatic carbocycles. The number of imidazole rings is 1. The van der Waals surface area contributed by atoms with E-state index >= 15 is 0 Å². The van der Waals surface area contributed by atoms with Crippen LogP contribution in [0.3, 0.4) is 0 Å². The number of carbonyl (C=O) groups is 1. The standard InChI is InChI=1S/C31H48N4O5Si/c1-19-27(20(2)40-34-19)21-12-13-26-25(16-21)32-28(35(26)22-17-23(18-22)37-9)24(33-29(36)39-30(3,4)5)14-15-38-41(10,11)31(6,7)8/h12-13,16,22-24H,14-15,17-18H2,1-11H3,(H,33,36)/t22-,23-,24?. The summed E-state index contributed by atoms with van der Waals surface area (Å²) in [4.78, 5) is 18.3. The molecule has 1 amide bonds. The Morgan fingerprint density at radius 3 is 2.41 bits per heavy atom. The lowest BCUT2D eigenvalue weighted by Crippen LogP contribution is -2.42. The number of aryl methyl sites for hydroxylation is 2. The monoisotopic (exact) mass is 584 g/mol. The molecule has 1 N–H and O–H groups in total. The van der Waals surface area contributed by atoms with Crippen LogP contribution in [0, 0.1) is 13.8 Å². The summed E-state index contributed by atoms with van der Waals surface area (Å²) < 4.78 is 25.6. The van der Waals surface area contributed by atoms with E-state index in [-0.39, 0.29) is 17.2 Å². The third-order valence-corrected chi connectivity index (χ3v) is 13.0. The van der Waals surface area contributed by atoms with Crippen LogP contribution in [0.1, 0.15) is 90.2 Å². The number of hydrogen-bond donors (Lipinski definition) is 1. The highest BCUT2D eigenvalue weighted by Gasteiger charge is 2.38. The van der Waals surface area contributed by atoms with Crippen LogP contribution in [-0.2, 0) is 13.9 Å². The largest absolute Gasteiger partial charge is 0.444 e. The Hall–Kier alpha value is -2.69. The van der Waals surface area contributed by atoms with E-state index in [4.69, 9.17) is 23.4 Å². The number of carbonyl (C=O) groups excluding carboxylic acids is 1. The molecule has 4 rings (SSSR count). The lowest BCUT2D eigenvalue weighted by molar-refractivity contribution is 0.00578. The van der Waals surface area contributed by atoms with Crippen LogP contribution in [0.4, 0.5) is 4.79 Å². The number of nitrogens with zero attached hydrogens (tertiary/aromatic N) is 3. The van der Waals surface area contributed by atoms with Crippen molar-refractivity contribution in [2.75, 3.05) is 13.7 Å². The molecule has 0 aliphatic heterocycles. The molecule has 1 fully saturated rings. The number of benzene rings is 1. The number of aromatic nitrogens is 3. The summed E-state index contributed by atoms with van der Waals surface area (Å²) in [6, 6.07) is 6.12. The molecule has 10 heteroatoms. The van der Waals surface area contributed by atoms with E-state index in [1.165, 1.54) is 0 Å². The van der Waals surface area contributed by atoms with Crippen molar-refractivity contribution in [3.05, 3.63) is 35.5 Å². The highest BCUT2D eigenvalue weighted by atomic mass is 28.4. The van der Waals surface area contributed by atoms with Crippen molar-refractivity contribution in [2.24, 2.45) is 0 Å². The Morgan fingerprint density at radius 1 is 1.17 bits per heavy atom. The van der Waals surface area contributed by atoms with Gasteiger partial charge in [-0.25, -0.2) is 9.78 Å². The van der Waals surface area contributed by atoms with Crippen molar-refractivity contribution in [3.63, 3.8) is 0 Å². The maximum absolute atomic E-state index is 13.1. The highest BCUT2D eigenvalue weighted by molar-refractivity contribution is 6.74. The molecule has 1 aliphatic rings. The SMILES string of the molecule is CO[C@H]1C[C@H](n2c(C(CCO[Si](C)(C)C(C)(C)C)NC(=O)OC(C)(C)C)nc3cc(-c4c(C)noc4C)ccc32)C1. The van der Waals surface area contributed by atoms with Gasteiger partial charge in [-0.3, -0.25) is 0 Å². The first-order valence-electron chi connectivity index (χ1n) is 14.6.